The highest BCUT2D eigenvalue weighted by Gasteiger charge is 2.31. The Balaban J connectivity index is 2.94. The normalized spacial score (nSPS) is 14.8. The molecule has 0 aliphatic rings. The van der Waals surface area contributed by atoms with E-state index >= 15 is 0 Å². The fourth-order valence-electron chi connectivity index (χ4n) is 1.15. The van der Waals surface area contributed by atoms with Crippen LogP contribution in [0, 0.1) is 0 Å². The predicted molar refractivity (Wildman–Crippen MR) is 86.2 cm³/mol. The van der Waals surface area contributed by atoms with Crippen LogP contribution in [0.25, 0.3) is 0 Å². The number of phenolic OH excluding ortho intramolecular Hbond substituents is 1. The van der Waals surface area contributed by atoms with Crippen LogP contribution in [0.5, 0.6) is 5.75 Å². The van der Waals surface area contributed by atoms with Crippen molar-refractivity contribution in [1.82, 2.24) is 1.33 Å². The molecular formula is C9H8I3NO3. The number of alkyl halides is 1. The summed E-state index contributed by atoms with van der Waals surface area (Å²) >= 11 is 6.00. The van der Waals surface area contributed by atoms with E-state index in [1.54, 1.807) is 25.6 Å². The molecule has 7 heteroatoms. The second-order valence-electron chi connectivity index (χ2n) is 3.04. The lowest BCUT2D eigenvalue weighted by Gasteiger charge is -2.22. The zero-order chi connectivity index (χ0) is 12.3. The SMILES string of the molecule is O=C(O)[C@H](C(I)c1ccc(O)cc1)N(I)I. The smallest absolute Gasteiger partial charge is 0.324 e. The van der Waals surface area contributed by atoms with Crippen molar-refractivity contribution in [1.29, 1.82) is 0 Å². The Labute approximate surface area is 135 Å². The summed E-state index contributed by atoms with van der Waals surface area (Å²) < 4.78 is 1.44. The average molecular weight is 559 g/mol. The Hall–Kier alpha value is 0.640. The minimum Gasteiger partial charge on any atom is -0.508 e. The van der Waals surface area contributed by atoms with Gasteiger partial charge in [0.25, 0.3) is 0 Å². The van der Waals surface area contributed by atoms with Crippen LogP contribution < -0.4 is 0 Å². The lowest BCUT2D eigenvalue weighted by atomic mass is 10.1. The van der Waals surface area contributed by atoms with Crippen LogP contribution in [0.2, 0.25) is 0 Å². The van der Waals surface area contributed by atoms with Crippen molar-refractivity contribution in [3.8, 4) is 5.75 Å². The number of halogens is 3. The third-order valence-corrected chi connectivity index (χ3v) is 4.55. The van der Waals surface area contributed by atoms with Gasteiger partial charge in [-0.25, -0.2) is 0 Å². The molecule has 0 fully saturated rings. The van der Waals surface area contributed by atoms with E-state index in [9.17, 15) is 4.79 Å². The van der Waals surface area contributed by atoms with Gasteiger partial charge in [0.15, 0.2) is 0 Å². The first kappa shape index (κ1) is 14.7. The first-order chi connectivity index (χ1) is 7.43. The topological polar surface area (TPSA) is 60.8 Å². The van der Waals surface area contributed by atoms with Crippen LogP contribution in [0.1, 0.15) is 9.49 Å². The second-order valence-corrected chi connectivity index (χ2v) is 8.30. The number of benzene rings is 1. The molecular weight excluding hydrogens is 551 g/mol. The molecule has 88 valence electrons. The second kappa shape index (κ2) is 6.54. The maximum absolute atomic E-state index is 11.1. The highest BCUT2D eigenvalue weighted by Crippen LogP contribution is 2.34. The first-order valence-electron chi connectivity index (χ1n) is 4.20. The molecule has 0 radical (unpaired) electrons. The molecule has 2 atom stereocenters. The van der Waals surface area contributed by atoms with Gasteiger partial charge in [-0.2, -0.15) is 1.33 Å². The van der Waals surface area contributed by atoms with E-state index in [2.05, 4.69) is 22.6 Å². The fourth-order valence-corrected chi connectivity index (χ4v) is 4.54. The maximum Gasteiger partial charge on any atom is 0.324 e. The number of hydrogen-bond acceptors (Lipinski definition) is 3. The largest absolute Gasteiger partial charge is 0.508 e. The molecule has 0 bridgehead atoms. The van der Waals surface area contributed by atoms with Gasteiger partial charge >= 0.3 is 5.97 Å². The summed E-state index contributed by atoms with van der Waals surface area (Å²) in [6.07, 6.45) is 0. The van der Waals surface area contributed by atoms with E-state index in [0.717, 1.165) is 5.56 Å². The third-order valence-electron chi connectivity index (χ3n) is 1.95. The van der Waals surface area contributed by atoms with Crippen molar-refractivity contribution in [3.63, 3.8) is 0 Å². The molecule has 0 spiro atoms. The molecule has 1 aromatic rings. The molecule has 0 saturated carbocycles. The van der Waals surface area contributed by atoms with Gasteiger partial charge in [-0.3, -0.25) is 4.79 Å². The Morgan fingerprint density at radius 1 is 1.25 bits per heavy atom. The van der Waals surface area contributed by atoms with Crippen molar-refractivity contribution >= 4 is 74.3 Å². The number of aliphatic carboxylic acids is 1. The maximum atomic E-state index is 11.1. The van der Waals surface area contributed by atoms with Gasteiger partial charge in [0.2, 0.25) is 0 Å². The van der Waals surface area contributed by atoms with E-state index in [4.69, 9.17) is 10.2 Å². The molecule has 2 N–H and O–H groups in total. The van der Waals surface area contributed by atoms with Crippen LogP contribution >= 0.6 is 68.3 Å². The average Bonchev–Trinajstić information content (AvgIpc) is 2.17. The zero-order valence-electron chi connectivity index (χ0n) is 7.85. The molecule has 0 amide bonds. The molecule has 1 rings (SSSR count). The summed E-state index contributed by atoms with van der Waals surface area (Å²) in [5.41, 5.74) is 0.879. The number of aromatic hydroxyl groups is 1. The van der Waals surface area contributed by atoms with E-state index < -0.39 is 12.0 Å². The third kappa shape index (κ3) is 3.84. The van der Waals surface area contributed by atoms with Crippen LogP contribution in [0.3, 0.4) is 0 Å². The van der Waals surface area contributed by atoms with E-state index in [-0.39, 0.29) is 9.67 Å². The van der Waals surface area contributed by atoms with Crippen LogP contribution in [0.4, 0.5) is 0 Å². The summed E-state index contributed by atoms with van der Waals surface area (Å²) in [5.74, 6) is -0.684. The van der Waals surface area contributed by atoms with Crippen LogP contribution in [-0.2, 0) is 4.79 Å². The number of phenols is 1. The number of carboxylic acid groups (broad SMARTS) is 1. The van der Waals surface area contributed by atoms with Gasteiger partial charge in [0.1, 0.15) is 11.8 Å². The summed E-state index contributed by atoms with van der Waals surface area (Å²) in [7, 11) is 0. The number of carbonyl (C=O) groups is 1. The Morgan fingerprint density at radius 2 is 1.75 bits per heavy atom. The minimum atomic E-state index is -0.865. The molecule has 0 aliphatic carbocycles. The standard InChI is InChI=1S/C9H8I3NO3/c10-7(8(9(15)16)13(11)12)5-1-3-6(14)4-2-5/h1-4,7-8,14H,(H,15,16)/t7?,8-/m0/s1. The van der Waals surface area contributed by atoms with Crippen molar-refractivity contribution < 1.29 is 15.0 Å². The van der Waals surface area contributed by atoms with Crippen molar-refractivity contribution in [2.24, 2.45) is 0 Å². The molecule has 16 heavy (non-hydrogen) atoms. The number of hydrogen-bond donors (Lipinski definition) is 2. The number of rotatable bonds is 4. The summed E-state index contributed by atoms with van der Waals surface area (Å²) in [6.45, 7) is 0. The van der Waals surface area contributed by atoms with Crippen molar-refractivity contribution in [3.05, 3.63) is 29.8 Å². The predicted octanol–water partition coefficient (Wildman–Crippen LogP) is 3.32. The monoisotopic (exact) mass is 559 g/mol. The van der Waals surface area contributed by atoms with Gasteiger partial charge < -0.3 is 10.2 Å². The van der Waals surface area contributed by atoms with Gasteiger partial charge in [-0.15, -0.1) is 0 Å². The van der Waals surface area contributed by atoms with Crippen LogP contribution in [0.15, 0.2) is 24.3 Å². The highest BCUT2D eigenvalue weighted by atomic mass is 127. The number of carboxylic acids is 1. The lowest BCUT2D eigenvalue weighted by molar-refractivity contribution is -0.139. The first-order valence-corrected chi connectivity index (χ1v) is 7.37. The minimum absolute atomic E-state index is 0.176. The van der Waals surface area contributed by atoms with E-state index in [0.29, 0.717) is 0 Å². The Kier molecular flexibility index (Phi) is 6.01. The van der Waals surface area contributed by atoms with Crippen molar-refractivity contribution in [2.45, 2.75) is 9.97 Å². The van der Waals surface area contributed by atoms with Crippen LogP contribution in [-0.4, -0.2) is 23.6 Å². The van der Waals surface area contributed by atoms with Gasteiger partial charge in [-0.1, -0.05) is 34.7 Å². The zero-order valence-corrected chi connectivity index (χ0v) is 14.3. The fraction of sp³-hybridized carbons (Fsp3) is 0.222. The van der Waals surface area contributed by atoms with E-state index in [1.165, 1.54) is 0 Å². The molecule has 0 aromatic heterocycles. The molecule has 1 unspecified atom stereocenters. The molecule has 0 aliphatic heterocycles. The summed E-state index contributed by atoms with van der Waals surface area (Å²) in [6, 6.07) is 5.99. The van der Waals surface area contributed by atoms with Crippen molar-refractivity contribution in [2.75, 3.05) is 0 Å². The Bertz CT molecular complexity index is 369. The quantitative estimate of drug-likeness (QED) is 0.338. The molecule has 0 saturated heterocycles. The van der Waals surface area contributed by atoms with Gasteiger partial charge in [0.05, 0.1) is 3.92 Å². The van der Waals surface area contributed by atoms with Gasteiger partial charge in [-0.05, 0) is 17.7 Å². The number of nitrogens with zero attached hydrogens (tertiary/aromatic N) is 1. The molecule has 1 aromatic carbocycles. The van der Waals surface area contributed by atoms with Gasteiger partial charge in [0, 0.05) is 45.7 Å². The summed E-state index contributed by atoms with van der Waals surface area (Å²) in [5, 5.41) is 18.3. The molecule has 0 heterocycles. The summed E-state index contributed by atoms with van der Waals surface area (Å²) in [4.78, 5) is 11.1. The van der Waals surface area contributed by atoms with E-state index in [1.807, 2.05) is 45.7 Å². The highest BCUT2D eigenvalue weighted by molar-refractivity contribution is 14.2. The molecule has 4 nitrogen and oxygen atoms in total. The Morgan fingerprint density at radius 3 is 2.12 bits per heavy atom. The lowest BCUT2D eigenvalue weighted by Crippen LogP contribution is -2.32.